The van der Waals surface area contributed by atoms with Crippen LogP contribution in [0.4, 0.5) is 0 Å². The summed E-state index contributed by atoms with van der Waals surface area (Å²) in [5.74, 6) is -1.62. The van der Waals surface area contributed by atoms with Crippen molar-refractivity contribution in [2.75, 3.05) is 0 Å². The smallest absolute Gasteiger partial charge is 0.301 e. The lowest BCUT2D eigenvalue weighted by Crippen LogP contribution is -2.03. The lowest BCUT2D eigenvalue weighted by molar-refractivity contribution is 0.406. The van der Waals surface area contributed by atoms with Gasteiger partial charge in [-0.15, -0.1) is 0 Å². The van der Waals surface area contributed by atoms with Gasteiger partial charge in [0, 0.05) is 11.5 Å². The fraction of sp³-hybridized carbons (Fsp3) is 0.143. The molecule has 1 unspecified atom stereocenters. The number of hydrogen-bond acceptors (Lipinski definition) is 4. The van der Waals surface area contributed by atoms with Crippen LogP contribution in [0.3, 0.4) is 0 Å². The van der Waals surface area contributed by atoms with Gasteiger partial charge < -0.3 is 10.2 Å². The van der Waals surface area contributed by atoms with Crippen molar-refractivity contribution in [3.8, 4) is 11.5 Å². The van der Waals surface area contributed by atoms with Crippen molar-refractivity contribution in [3.63, 3.8) is 0 Å². The Morgan fingerprint density at radius 2 is 1.60 bits per heavy atom. The quantitative estimate of drug-likeness (QED) is 0.756. The molecule has 6 heteroatoms. The molecule has 106 valence electrons. The van der Waals surface area contributed by atoms with Crippen LogP contribution in [0.1, 0.15) is 24.0 Å². The van der Waals surface area contributed by atoms with Gasteiger partial charge in [-0.05, 0) is 11.6 Å². The third kappa shape index (κ3) is 2.61. The van der Waals surface area contributed by atoms with Gasteiger partial charge in [0.15, 0.2) is 4.90 Å². The summed E-state index contributed by atoms with van der Waals surface area (Å²) < 4.78 is 31.5. The zero-order valence-electron chi connectivity index (χ0n) is 10.7. The highest BCUT2D eigenvalue weighted by atomic mass is 32.2. The first-order chi connectivity index (χ1) is 9.32. The Hall–Kier alpha value is -2.05. The first-order valence-electron chi connectivity index (χ1n) is 5.89. The van der Waals surface area contributed by atoms with Crippen LogP contribution in [0, 0.1) is 0 Å². The minimum Gasteiger partial charge on any atom is -0.506 e. The van der Waals surface area contributed by atoms with Crippen LogP contribution >= 0.6 is 0 Å². The first-order valence-corrected chi connectivity index (χ1v) is 7.33. The van der Waals surface area contributed by atoms with Crippen molar-refractivity contribution in [1.82, 2.24) is 0 Å². The Bertz CT molecular complexity index is 723. The van der Waals surface area contributed by atoms with Crippen LogP contribution < -0.4 is 0 Å². The van der Waals surface area contributed by atoms with Gasteiger partial charge in [0.25, 0.3) is 0 Å². The second kappa shape index (κ2) is 5.15. The van der Waals surface area contributed by atoms with E-state index in [1.165, 1.54) is 6.07 Å². The van der Waals surface area contributed by atoms with Crippen LogP contribution in [0.2, 0.25) is 0 Å². The fourth-order valence-corrected chi connectivity index (χ4v) is 2.80. The molecule has 5 nitrogen and oxygen atoms in total. The summed E-state index contributed by atoms with van der Waals surface area (Å²) in [4.78, 5) is -0.863. The van der Waals surface area contributed by atoms with E-state index in [0.717, 1.165) is 11.6 Å². The average molecular weight is 294 g/mol. The van der Waals surface area contributed by atoms with Gasteiger partial charge in [-0.2, -0.15) is 8.42 Å². The molecule has 0 saturated carbocycles. The lowest BCUT2D eigenvalue weighted by Gasteiger charge is -2.16. The molecule has 0 aromatic heterocycles. The third-order valence-corrected chi connectivity index (χ3v) is 4.08. The maximum Gasteiger partial charge on any atom is 0.301 e. The van der Waals surface area contributed by atoms with E-state index in [-0.39, 0.29) is 5.92 Å². The molecule has 0 aliphatic rings. The van der Waals surface area contributed by atoms with E-state index in [1.807, 2.05) is 30.3 Å². The Morgan fingerprint density at radius 3 is 2.15 bits per heavy atom. The highest BCUT2D eigenvalue weighted by Crippen LogP contribution is 2.39. The molecule has 2 aromatic carbocycles. The number of benzene rings is 2. The highest BCUT2D eigenvalue weighted by molar-refractivity contribution is 7.86. The monoisotopic (exact) mass is 294 g/mol. The van der Waals surface area contributed by atoms with Gasteiger partial charge in [-0.3, -0.25) is 4.55 Å². The molecule has 20 heavy (non-hydrogen) atoms. The first kappa shape index (κ1) is 14.4. The molecule has 2 aromatic rings. The molecule has 0 bridgehead atoms. The van der Waals surface area contributed by atoms with Crippen molar-refractivity contribution in [3.05, 3.63) is 53.6 Å². The van der Waals surface area contributed by atoms with Gasteiger partial charge >= 0.3 is 10.1 Å². The van der Waals surface area contributed by atoms with E-state index in [0.29, 0.717) is 5.56 Å². The minimum atomic E-state index is -4.70. The molecule has 0 aliphatic heterocycles. The maximum absolute atomic E-state index is 11.2. The summed E-state index contributed by atoms with van der Waals surface area (Å²) in [6, 6.07) is 11.7. The molecular weight excluding hydrogens is 280 g/mol. The number of hydrogen-bond donors (Lipinski definition) is 3. The molecular formula is C14H14O5S. The zero-order chi connectivity index (χ0) is 14.9. The van der Waals surface area contributed by atoms with E-state index in [9.17, 15) is 18.6 Å². The van der Waals surface area contributed by atoms with Crippen LogP contribution in [0.25, 0.3) is 0 Å². The van der Waals surface area contributed by atoms with Crippen LogP contribution in [0.15, 0.2) is 47.4 Å². The predicted molar refractivity (Wildman–Crippen MR) is 73.5 cm³/mol. The summed E-state index contributed by atoms with van der Waals surface area (Å²) in [6.07, 6.45) is 0. The number of phenols is 2. The standard InChI is InChI=1S/C14H14O5S/c1-9(10-5-3-2-4-6-10)11-7-8-12(15)14(13(11)16)20(17,18)19/h2-9,15-16H,1H3,(H,17,18,19). The van der Waals surface area contributed by atoms with E-state index in [4.69, 9.17) is 4.55 Å². The van der Waals surface area contributed by atoms with Gasteiger partial charge in [0.1, 0.15) is 11.5 Å². The summed E-state index contributed by atoms with van der Waals surface area (Å²) in [5.41, 5.74) is 1.18. The average Bonchev–Trinajstić information content (AvgIpc) is 2.37. The molecule has 2 rings (SSSR count). The van der Waals surface area contributed by atoms with Crippen molar-refractivity contribution in [2.45, 2.75) is 17.7 Å². The third-order valence-electron chi connectivity index (χ3n) is 3.17. The van der Waals surface area contributed by atoms with Crippen molar-refractivity contribution < 1.29 is 23.2 Å². The molecule has 0 saturated heterocycles. The van der Waals surface area contributed by atoms with Crippen LogP contribution in [0.5, 0.6) is 11.5 Å². The summed E-state index contributed by atoms with van der Waals surface area (Å²) in [7, 11) is -4.70. The van der Waals surface area contributed by atoms with Crippen molar-refractivity contribution in [2.24, 2.45) is 0 Å². The molecule has 0 amide bonds. The summed E-state index contributed by atoms with van der Waals surface area (Å²) in [6.45, 7) is 1.79. The van der Waals surface area contributed by atoms with Crippen LogP contribution in [-0.2, 0) is 10.1 Å². The molecule has 3 N–H and O–H groups in total. The number of phenolic OH excluding ortho intramolecular Hbond substituents is 2. The largest absolute Gasteiger partial charge is 0.506 e. The zero-order valence-corrected chi connectivity index (χ0v) is 11.5. The van der Waals surface area contributed by atoms with Gasteiger partial charge in [0.05, 0.1) is 0 Å². The molecule has 0 radical (unpaired) electrons. The lowest BCUT2D eigenvalue weighted by atomic mass is 9.92. The number of aromatic hydroxyl groups is 2. The van der Waals surface area contributed by atoms with Crippen molar-refractivity contribution in [1.29, 1.82) is 0 Å². The fourth-order valence-electron chi connectivity index (χ4n) is 2.10. The van der Waals surface area contributed by atoms with Crippen molar-refractivity contribution >= 4 is 10.1 Å². The highest BCUT2D eigenvalue weighted by Gasteiger charge is 2.25. The van der Waals surface area contributed by atoms with Gasteiger partial charge in [-0.1, -0.05) is 43.3 Å². The molecule has 0 spiro atoms. The normalized spacial score (nSPS) is 13.1. The van der Waals surface area contributed by atoms with Crippen LogP contribution in [-0.4, -0.2) is 23.2 Å². The Labute approximate surface area is 116 Å². The summed E-state index contributed by atoms with van der Waals surface area (Å²) >= 11 is 0. The number of rotatable bonds is 3. The molecule has 0 heterocycles. The topological polar surface area (TPSA) is 94.8 Å². The second-order valence-corrected chi connectivity index (χ2v) is 5.82. The van der Waals surface area contributed by atoms with E-state index in [1.54, 1.807) is 6.92 Å². The molecule has 0 aliphatic carbocycles. The minimum absolute atomic E-state index is 0.294. The maximum atomic E-state index is 11.2. The Kier molecular flexibility index (Phi) is 3.69. The Balaban J connectivity index is 2.60. The Morgan fingerprint density at radius 1 is 1.00 bits per heavy atom. The van der Waals surface area contributed by atoms with E-state index < -0.39 is 26.5 Å². The van der Waals surface area contributed by atoms with E-state index in [2.05, 4.69) is 0 Å². The van der Waals surface area contributed by atoms with Gasteiger partial charge in [0.2, 0.25) is 0 Å². The molecule has 0 fully saturated rings. The second-order valence-electron chi connectivity index (χ2n) is 4.46. The SMILES string of the molecule is CC(c1ccccc1)c1ccc(O)c(S(=O)(=O)O)c1O. The summed E-state index contributed by atoms with van der Waals surface area (Å²) in [5, 5.41) is 19.5. The predicted octanol–water partition coefficient (Wildman–Crippen LogP) is 2.50. The molecule has 1 atom stereocenters. The van der Waals surface area contributed by atoms with Gasteiger partial charge in [-0.25, -0.2) is 0 Å². The van der Waals surface area contributed by atoms with E-state index >= 15 is 0 Å².